The quantitative estimate of drug-likeness (QED) is 0.682. The summed E-state index contributed by atoms with van der Waals surface area (Å²) in [5.41, 5.74) is -1.29. The maximum absolute atomic E-state index is 12.2. The van der Waals surface area contributed by atoms with Crippen LogP contribution >= 0.6 is 11.6 Å². The van der Waals surface area contributed by atoms with Gasteiger partial charge in [0.05, 0.1) is 23.6 Å². The van der Waals surface area contributed by atoms with Crippen LogP contribution in [0.1, 0.15) is 30.1 Å². The maximum atomic E-state index is 12.2. The highest BCUT2D eigenvalue weighted by molar-refractivity contribution is 6.33. The van der Waals surface area contributed by atoms with E-state index in [0.29, 0.717) is 6.42 Å². The lowest BCUT2D eigenvalue weighted by atomic mass is 9.88. The zero-order chi connectivity index (χ0) is 14.9. The first kappa shape index (κ1) is 14.7. The molecule has 0 spiro atoms. The smallest absolute Gasteiger partial charge is 0.300 e. The lowest BCUT2D eigenvalue weighted by molar-refractivity contribution is -0.385. The second kappa shape index (κ2) is 5.38. The monoisotopic (exact) mass is 298 g/mol. The number of para-hydroxylation sites is 1. The second-order valence-electron chi connectivity index (χ2n) is 5.03. The van der Waals surface area contributed by atoms with E-state index < -0.39 is 16.4 Å². The van der Waals surface area contributed by atoms with Crippen LogP contribution in [0.2, 0.25) is 5.02 Å². The molecule has 0 saturated carbocycles. The molecule has 0 unspecified atom stereocenters. The highest BCUT2D eigenvalue weighted by atomic mass is 35.5. The maximum Gasteiger partial charge on any atom is 0.300 e. The molecule has 0 atom stereocenters. The van der Waals surface area contributed by atoms with Crippen molar-refractivity contribution in [3.05, 3.63) is 38.9 Å². The third-order valence-corrected chi connectivity index (χ3v) is 3.68. The molecule has 1 amide bonds. The van der Waals surface area contributed by atoms with E-state index in [0.717, 1.165) is 6.42 Å². The molecule has 1 fully saturated rings. The molecule has 1 heterocycles. The van der Waals surface area contributed by atoms with E-state index in [2.05, 4.69) is 0 Å². The van der Waals surface area contributed by atoms with E-state index >= 15 is 0 Å². The van der Waals surface area contributed by atoms with Crippen molar-refractivity contribution in [2.45, 2.75) is 25.4 Å². The predicted molar refractivity (Wildman–Crippen MR) is 73.9 cm³/mol. The third-order valence-electron chi connectivity index (χ3n) is 3.37. The van der Waals surface area contributed by atoms with Gasteiger partial charge in [-0.15, -0.1) is 0 Å². The molecule has 108 valence electrons. The Labute approximate surface area is 121 Å². The fourth-order valence-corrected chi connectivity index (χ4v) is 2.72. The molecule has 1 aromatic carbocycles. The van der Waals surface area contributed by atoms with Crippen LogP contribution in [0, 0.1) is 10.1 Å². The number of nitrogens with zero attached hydrogens (tertiary/aromatic N) is 2. The van der Waals surface area contributed by atoms with Gasteiger partial charge in [0.1, 0.15) is 10.6 Å². The van der Waals surface area contributed by atoms with Gasteiger partial charge in [-0.05, 0) is 18.6 Å². The number of nitro groups is 1. The van der Waals surface area contributed by atoms with Crippen LogP contribution in [0.15, 0.2) is 18.2 Å². The van der Waals surface area contributed by atoms with Crippen LogP contribution in [0.4, 0.5) is 5.69 Å². The van der Waals surface area contributed by atoms with Crippen molar-refractivity contribution in [2.24, 2.45) is 0 Å². The van der Waals surface area contributed by atoms with Gasteiger partial charge in [-0.25, -0.2) is 0 Å². The highest BCUT2D eigenvalue weighted by Crippen LogP contribution is 2.32. The number of β-amino-alcohol motifs (C(OH)–C–C–N with tert-alkyl or cyclic N) is 1. The van der Waals surface area contributed by atoms with Crippen molar-refractivity contribution in [2.75, 3.05) is 13.1 Å². The van der Waals surface area contributed by atoms with E-state index in [4.69, 9.17) is 11.6 Å². The van der Waals surface area contributed by atoms with Gasteiger partial charge in [0.25, 0.3) is 5.91 Å². The number of carbonyl (C=O) groups excluding carboxylic acids is 1. The Balaban J connectivity index is 2.20. The summed E-state index contributed by atoms with van der Waals surface area (Å²) in [7, 11) is 0. The highest BCUT2D eigenvalue weighted by Gasteiger charge is 2.44. The van der Waals surface area contributed by atoms with Gasteiger partial charge in [-0.2, -0.15) is 0 Å². The summed E-state index contributed by atoms with van der Waals surface area (Å²) >= 11 is 5.78. The normalized spacial score (nSPS) is 16.6. The number of benzene rings is 1. The second-order valence-corrected chi connectivity index (χ2v) is 5.44. The first-order valence-corrected chi connectivity index (χ1v) is 6.70. The van der Waals surface area contributed by atoms with Crippen molar-refractivity contribution in [3.8, 4) is 0 Å². The van der Waals surface area contributed by atoms with Crippen molar-refractivity contribution >= 4 is 23.2 Å². The summed E-state index contributed by atoms with van der Waals surface area (Å²) in [5.74, 6) is -0.472. The lowest BCUT2D eigenvalue weighted by Crippen LogP contribution is -2.63. The van der Waals surface area contributed by atoms with Crippen LogP contribution < -0.4 is 0 Å². The fraction of sp³-hybridized carbons (Fsp3) is 0.462. The molecule has 2 rings (SSSR count). The van der Waals surface area contributed by atoms with Crippen LogP contribution in [0.25, 0.3) is 0 Å². The van der Waals surface area contributed by atoms with Gasteiger partial charge in [-0.3, -0.25) is 14.9 Å². The predicted octanol–water partition coefficient (Wildman–Crippen LogP) is 2.24. The van der Waals surface area contributed by atoms with Crippen LogP contribution in [-0.2, 0) is 0 Å². The molecule has 1 aliphatic heterocycles. The van der Waals surface area contributed by atoms with Gasteiger partial charge in [0.2, 0.25) is 0 Å². The van der Waals surface area contributed by atoms with Crippen LogP contribution in [-0.4, -0.2) is 39.5 Å². The molecule has 6 nitrogen and oxygen atoms in total. The van der Waals surface area contributed by atoms with Crippen LogP contribution in [0.3, 0.4) is 0 Å². The molecule has 0 aliphatic carbocycles. The third kappa shape index (κ3) is 2.62. The Morgan fingerprint density at radius 3 is 2.75 bits per heavy atom. The molecule has 0 aromatic heterocycles. The van der Waals surface area contributed by atoms with Crippen molar-refractivity contribution in [1.82, 2.24) is 4.90 Å². The molecular weight excluding hydrogens is 284 g/mol. The van der Waals surface area contributed by atoms with E-state index in [9.17, 15) is 20.0 Å². The van der Waals surface area contributed by atoms with E-state index in [1.165, 1.54) is 23.1 Å². The number of likely N-dealkylation sites (tertiary alicyclic amines) is 1. The first-order chi connectivity index (χ1) is 9.38. The minimum absolute atomic E-state index is 0.0407. The summed E-state index contributed by atoms with van der Waals surface area (Å²) in [5, 5.41) is 21.0. The average molecular weight is 299 g/mol. The Morgan fingerprint density at radius 1 is 1.55 bits per heavy atom. The largest absolute Gasteiger partial charge is 0.386 e. The van der Waals surface area contributed by atoms with Crippen molar-refractivity contribution in [1.29, 1.82) is 0 Å². The molecule has 0 bridgehead atoms. The first-order valence-electron chi connectivity index (χ1n) is 6.32. The number of nitro benzene ring substituents is 1. The number of aliphatic hydroxyl groups is 1. The molecule has 1 saturated heterocycles. The lowest BCUT2D eigenvalue weighted by Gasteiger charge is -2.46. The standard InChI is InChI=1S/C13H15ClN2O4/c1-2-6-13(18)7-15(8-13)12(17)9-4-3-5-10(14)11(9)16(19)20/h3-5,18H,2,6-8H2,1H3. The topological polar surface area (TPSA) is 83.7 Å². The van der Waals surface area contributed by atoms with E-state index in [1.54, 1.807) is 0 Å². The van der Waals surface area contributed by atoms with E-state index in [-0.39, 0.29) is 29.4 Å². The minimum atomic E-state index is -0.863. The number of carbonyl (C=O) groups is 1. The Bertz CT molecular complexity index is 555. The van der Waals surface area contributed by atoms with E-state index in [1.807, 2.05) is 6.92 Å². The SMILES string of the molecule is CCCC1(O)CN(C(=O)c2cccc(Cl)c2[N+](=O)[O-])C1. The Morgan fingerprint density at radius 2 is 2.20 bits per heavy atom. The summed E-state index contributed by atoms with van der Waals surface area (Å²) in [6.45, 7) is 2.34. The molecule has 1 aromatic rings. The Hall–Kier alpha value is -1.66. The molecule has 0 radical (unpaired) electrons. The van der Waals surface area contributed by atoms with Gasteiger partial charge < -0.3 is 10.0 Å². The molecule has 20 heavy (non-hydrogen) atoms. The minimum Gasteiger partial charge on any atom is -0.386 e. The molecule has 7 heteroatoms. The zero-order valence-corrected chi connectivity index (χ0v) is 11.8. The van der Waals surface area contributed by atoms with Gasteiger partial charge in [0.15, 0.2) is 0 Å². The van der Waals surface area contributed by atoms with Crippen molar-refractivity contribution in [3.63, 3.8) is 0 Å². The molecular formula is C13H15ClN2O4. The fourth-order valence-electron chi connectivity index (χ4n) is 2.48. The molecule has 1 aliphatic rings. The summed E-state index contributed by atoms with van der Waals surface area (Å²) in [6.07, 6.45) is 1.42. The summed E-state index contributed by atoms with van der Waals surface area (Å²) in [6, 6.07) is 4.25. The number of halogens is 1. The summed E-state index contributed by atoms with van der Waals surface area (Å²) in [4.78, 5) is 24.0. The van der Waals surface area contributed by atoms with Gasteiger partial charge in [0, 0.05) is 0 Å². The van der Waals surface area contributed by atoms with Gasteiger partial charge >= 0.3 is 5.69 Å². The van der Waals surface area contributed by atoms with Crippen LogP contribution in [0.5, 0.6) is 0 Å². The number of hydrogen-bond donors (Lipinski definition) is 1. The number of amides is 1. The van der Waals surface area contributed by atoms with Gasteiger partial charge in [-0.1, -0.05) is 31.0 Å². The van der Waals surface area contributed by atoms with Crippen molar-refractivity contribution < 1.29 is 14.8 Å². The average Bonchev–Trinajstić information content (AvgIpc) is 2.34. The summed E-state index contributed by atoms with van der Waals surface area (Å²) < 4.78 is 0. The number of rotatable bonds is 4. The number of hydrogen-bond acceptors (Lipinski definition) is 4. The Kier molecular flexibility index (Phi) is 3.96. The zero-order valence-electron chi connectivity index (χ0n) is 11.0. The molecule has 1 N–H and O–H groups in total.